The van der Waals surface area contributed by atoms with Gasteiger partial charge in [-0.15, -0.1) is 0 Å². The monoisotopic (exact) mass is 264 g/mol. The molecule has 0 unspecified atom stereocenters. The Bertz CT molecular complexity index is 403. The molecule has 1 N–H and O–H groups in total. The van der Waals surface area contributed by atoms with Gasteiger partial charge < -0.3 is 15.0 Å². The molecule has 0 fully saturated rings. The first kappa shape index (κ1) is 15.5. The van der Waals surface area contributed by atoms with E-state index in [1.54, 1.807) is 7.11 Å². The zero-order chi connectivity index (χ0) is 14.3. The van der Waals surface area contributed by atoms with E-state index in [-0.39, 0.29) is 11.9 Å². The predicted molar refractivity (Wildman–Crippen MR) is 77.3 cm³/mol. The minimum atomic E-state index is 0.0793. The third-order valence-electron chi connectivity index (χ3n) is 3.28. The van der Waals surface area contributed by atoms with Gasteiger partial charge in [0.1, 0.15) is 5.75 Å². The number of hydrogen-bond donors (Lipinski definition) is 1. The molecule has 0 aliphatic rings. The summed E-state index contributed by atoms with van der Waals surface area (Å²) in [5, 5.41) is 3.25. The molecule has 0 spiro atoms. The van der Waals surface area contributed by atoms with Crippen LogP contribution in [0.2, 0.25) is 0 Å². The average Bonchev–Trinajstić information content (AvgIpc) is 2.45. The third kappa shape index (κ3) is 4.24. The van der Waals surface area contributed by atoms with Crippen LogP contribution in [0.25, 0.3) is 0 Å². The highest BCUT2D eigenvalue weighted by Crippen LogP contribution is 2.23. The topological polar surface area (TPSA) is 41.6 Å². The molecule has 1 amide bonds. The van der Waals surface area contributed by atoms with E-state index in [1.807, 2.05) is 49.9 Å². The van der Waals surface area contributed by atoms with Crippen LogP contribution >= 0.6 is 0 Å². The summed E-state index contributed by atoms with van der Waals surface area (Å²) >= 11 is 0. The van der Waals surface area contributed by atoms with E-state index in [4.69, 9.17) is 4.74 Å². The van der Waals surface area contributed by atoms with Crippen molar-refractivity contribution in [1.82, 2.24) is 10.2 Å². The largest absolute Gasteiger partial charge is 0.496 e. The molecule has 1 rings (SSSR count). The minimum absolute atomic E-state index is 0.0793. The molecule has 0 bridgehead atoms. The van der Waals surface area contributed by atoms with E-state index in [0.29, 0.717) is 6.54 Å². The second-order valence-corrected chi connectivity index (χ2v) is 4.41. The van der Waals surface area contributed by atoms with Crippen LogP contribution in [0.3, 0.4) is 0 Å². The summed E-state index contributed by atoms with van der Waals surface area (Å²) in [5.41, 5.74) is 1.07. The summed E-state index contributed by atoms with van der Waals surface area (Å²) in [5.74, 6) is 0.976. The van der Waals surface area contributed by atoms with Gasteiger partial charge in [-0.05, 0) is 26.8 Å². The summed E-state index contributed by atoms with van der Waals surface area (Å²) in [6.07, 6.45) is 0. The molecular weight excluding hydrogens is 240 g/mol. The maximum absolute atomic E-state index is 11.9. The van der Waals surface area contributed by atoms with Crippen LogP contribution in [0.5, 0.6) is 5.75 Å². The fourth-order valence-corrected chi connectivity index (χ4v) is 2.06. The number of likely N-dealkylation sites (N-methyl/N-ethyl adjacent to an activating group) is 1. The number of carbonyl (C=O) groups is 1. The molecule has 0 aliphatic heterocycles. The number of rotatable bonds is 7. The van der Waals surface area contributed by atoms with E-state index >= 15 is 0 Å². The normalized spacial score (nSPS) is 12.0. The van der Waals surface area contributed by atoms with Gasteiger partial charge in [0.2, 0.25) is 5.91 Å². The number of nitrogens with one attached hydrogen (secondary N) is 1. The van der Waals surface area contributed by atoms with Crippen LogP contribution < -0.4 is 10.1 Å². The van der Waals surface area contributed by atoms with Crippen LogP contribution in [-0.4, -0.2) is 37.6 Å². The molecule has 4 heteroatoms. The third-order valence-corrected chi connectivity index (χ3v) is 3.28. The van der Waals surface area contributed by atoms with Crippen LogP contribution in [0.1, 0.15) is 32.4 Å². The van der Waals surface area contributed by atoms with E-state index in [9.17, 15) is 4.79 Å². The Hall–Kier alpha value is -1.55. The van der Waals surface area contributed by atoms with Gasteiger partial charge in [0.05, 0.1) is 13.7 Å². The molecule has 0 saturated heterocycles. The molecule has 0 aliphatic carbocycles. The van der Waals surface area contributed by atoms with Gasteiger partial charge >= 0.3 is 0 Å². The Labute approximate surface area is 115 Å². The van der Waals surface area contributed by atoms with Gasteiger partial charge in [0.25, 0.3) is 0 Å². The Morgan fingerprint density at radius 3 is 2.53 bits per heavy atom. The molecule has 19 heavy (non-hydrogen) atoms. The number of benzene rings is 1. The van der Waals surface area contributed by atoms with Crippen molar-refractivity contribution in [1.29, 1.82) is 0 Å². The van der Waals surface area contributed by atoms with Crippen LogP contribution in [0, 0.1) is 0 Å². The molecule has 1 atom stereocenters. The molecule has 0 saturated carbocycles. The van der Waals surface area contributed by atoms with Gasteiger partial charge in [-0.3, -0.25) is 4.79 Å². The summed E-state index contributed by atoms with van der Waals surface area (Å²) in [6.45, 7) is 7.87. The number of para-hydroxylation sites is 1. The quantitative estimate of drug-likeness (QED) is 0.821. The molecule has 0 heterocycles. The van der Waals surface area contributed by atoms with Crippen molar-refractivity contribution >= 4 is 5.91 Å². The fourth-order valence-electron chi connectivity index (χ4n) is 2.06. The zero-order valence-electron chi connectivity index (χ0n) is 12.3. The van der Waals surface area contributed by atoms with Gasteiger partial charge in [-0.2, -0.15) is 0 Å². The lowest BCUT2D eigenvalue weighted by Gasteiger charge is -2.21. The first-order valence-electron chi connectivity index (χ1n) is 6.78. The van der Waals surface area contributed by atoms with Crippen LogP contribution in [-0.2, 0) is 4.79 Å². The van der Waals surface area contributed by atoms with Crippen molar-refractivity contribution in [2.45, 2.75) is 26.8 Å². The van der Waals surface area contributed by atoms with Crippen molar-refractivity contribution in [3.63, 3.8) is 0 Å². The van der Waals surface area contributed by atoms with E-state index in [0.717, 1.165) is 24.4 Å². The highest BCUT2D eigenvalue weighted by molar-refractivity contribution is 5.78. The van der Waals surface area contributed by atoms with Crippen molar-refractivity contribution in [2.75, 3.05) is 26.7 Å². The lowest BCUT2D eigenvalue weighted by Crippen LogP contribution is -2.38. The average molecular weight is 264 g/mol. The van der Waals surface area contributed by atoms with E-state index in [1.165, 1.54) is 0 Å². The number of amides is 1. The van der Waals surface area contributed by atoms with Gasteiger partial charge in [0.15, 0.2) is 0 Å². The number of nitrogens with zero attached hydrogens (tertiary/aromatic N) is 1. The number of ether oxygens (including phenoxy) is 1. The maximum Gasteiger partial charge on any atom is 0.236 e. The van der Waals surface area contributed by atoms with Gasteiger partial charge in [0, 0.05) is 24.7 Å². The molecular formula is C15H24N2O2. The Morgan fingerprint density at radius 1 is 1.32 bits per heavy atom. The Morgan fingerprint density at radius 2 is 1.95 bits per heavy atom. The summed E-state index contributed by atoms with van der Waals surface area (Å²) in [6, 6.07) is 7.94. The van der Waals surface area contributed by atoms with Crippen molar-refractivity contribution in [3.05, 3.63) is 29.8 Å². The molecule has 0 radical (unpaired) electrons. The van der Waals surface area contributed by atoms with Gasteiger partial charge in [-0.1, -0.05) is 18.2 Å². The zero-order valence-corrected chi connectivity index (χ0v) is 12.3. The first-order chi connectivity index (χ1) is 9.13. The summed E-state index contributed by atoms with van der Waals surface area (Å²) in [7, 11) is 1.66. The predicted octanol–water partition coefficient (Wildman–Crippen LogP) is 2.21. The first-order valence-corrected chi connectivity index (χ1v) is 6.78. The molecule has 0 aromatic heterocycles. The molecule has 4 nitrogen and oxygen atoms in total. The smallest absolute Gasteiger partial charge is 0.236 e. The minimum Gasteiger partial charge on any atom is -0.496 e. The molecule has 1 aromatic carbocycles. The highest BCUT2D eigenvalue weighted by atomic mass is 16.5. The number of hydrogen-bond acceptors (Lipinski definition) is 3. The Balaban J connectivity index is 2.60. The lowest BCUT2D eigenvalue weighted by molar-refractivity contribution is -0.129. The van der Waals surface area contributed by atoms with Crippen molar-refractivity contribution in [2.24, 2.45) is 0 Å². The molecule has 1 aromatic rings. The van der Waals surface area contributed by atoms with Crippen molar-refractivity contribution in [3.8, 4) is 5.75 Å². The number of carbonyl (C=O) groups excluding carboxylic acids is 1. The van der Waals surface area contributed by atoms with Crippen molar-refractivity contribution < 1.29 is 9.53 Å². The number of methoxy groups -OCH3 is 1. The Kier molecular flexibility index (Phi) is 6.36. The lowest BCUT2D eigenvalue weighted by atomic mass is 10.1. The van der Waals surface area contributed by atoms with Crippen LogP contribution in [0.4, 0.5) is 0 Å². The second kappa shape index (κ2) is 7.79. The van der Waals surface area contributed by atoms with Crippen LogP contribution in [0.15, 0.2) is 24.3 Å². The second-order valence-electron chi connectivity index (χ2n) is 4.41. The standard InChI is InChI=1S/C15H24N2O2/c1-5-17(6-2)15(18)11-16-12(3)13-9-7-8-10-14(13)19-4/h7-10,12,16H,5-6,11H2,1-4H3/t12-/m1/s1. The summed E-state index contributed by atoms with van der Waals surface area (Å²) in [4.78, 5) is 13.7. The van der Waals surface area contributed by atoms with E-state index < -0.39 is 0 Å². The maximum atomic E-state index is 11.9. The van der Waals surface area contributed by atoms with E-state index in [2.05, 4.69) is 5.32 Å². The SMILES string of the molecule is CCN(CC)C(=O)CN[C@H](C)c1ccccc1OC. The highest BCUT2D eigenvalue weighted by Gasteiger charge is 2.14. The van der Waals surface area contributed by atoms with Gasteiger partial charge in [-0.25, -0.2) is 0 Å². The molecule has 106 valence electrons. The fraction of sp³-hybridized carbons (Fsp3) is 0.533. The summed E-state index contributed by atoms with van der Waals surface area (Å²) < 4.78 is 5.33.